The van der Waals surface area contributed by atoms with Gasteiger partial charge in [-0.05, 0) is 31.8 Å². The summed E-state index contributed by atoms with van der Waals surface area (Å²) in [5.41, 5.74) is 0.879. The molecule has 2 N–H and O–H groups in total. The molecule has 1 saturated heterocycles. The van der Waals surface area contributed by atoms with E-state index in [0.717, 1.165) is 25.3 Å². The molecule has 2 rings (SSSR count). The molecule has 5 heteroatoms. The zero-order chi connectivity index (χ0) is 11.2. The fourth-order valence-corrected chi connectivity index (χ4v) is 2.17. The van der Waals surface area contributed by atoms with Gasteiger partial charge in [0.05, 0.1) is 5.69 Å². The summed E-state index contributed by atoms with van der Waals surface area (Å²) in [5, 5.41) is 20.4. The molecule has 2 heterocycles. The first-order chi connectivity index (χ1) is 7.88. The fourth-order valence-electron chi connectivity index (χ4n) is 2.17. The summed E-state index contributed by atoms with van der Waals surface area (Å²) >= 11 is 0. The number of nitrogens with zero attached hydrogens (tertiary/aromatic N) is 3. The van der Waals surface area contributed by atoms with E-state index in [9.17, 15) is 0 Å². The maximum Gasteiger partial charge on any atom is 0.0849 e. The first kappa shape index (κ1) is 11.5. The van der Waals surface area contributed by atoms with E-state index in [1.165, 1.54) is 19.3 Å². The zero-order valence-electron chi connectivity index (χ0n) is 9.60. The maximum absolute atomic E-state index is 8.80. The van der Waals surface area contributed by atoms with Crippen LogP contribution in [0.3, 0.4) is 0 Å². The van der Waals surface area contributed by atoms with E-state index >= 15 is 0 Å². The molecule has 0 aliphatic carbocycles. The number of aromatic nitrogens is 3. The number of aliphatic hydroxyl groups excluding tert-OH is 1. The van der Waals surface area contributed by atoms with Gasteiger partial charge in [-0.2, -0.15) is 0 Å². The van der Waals surface area contributed by atoms with Gasteiger partial charge in [0.25, 0.3) is 0 Å². The Kier molecular flexibility index (Phi) is 4.30. The largest absolute Gasteiger partial charge is 0.396 e. The van der Waals surface area contributed by atoms with E-state index < -0.39 is 0 Å². The summed E-state index contributed by atoms with van der Waals surface area (Å²) in [6, 6.07) is 0. The average Bonchev–Trinajstić information content (AvgIpc) is 2.56. The van der Waals surface area contributed by atoms with Gasteiger partial charge in [0, 0.05) is 25.8 Å². The predicted molar refractivity (Wildman–Crippen MR) is 61.0 cm³/mol. The van der Waals surface area contributed by atoms with Crippen molar-refractivity contribution in [1.82, 2.24) is 20.3 Å². The molecule has 1 aromatic rings. The second-order valence-electron chi connectivity index (χ2n) is 4.47. The topological polar surface area (TPSA) is 63.0 Å². The third-order valence-electron chi connectivity index (χ3n) is 3.05. The quantitative estimate of drug-likeness (QED) is 0.767. The Bertz CT molecular complexity index is 305. The molecule has 5 nitrogen and oxygen atoms in total. The van der Waals surface area contributed by atoms with Crippen molar-refractivity contribution in [1.29, 1.82) is 0 Å². The van der Waals surface area contributed by atoms with Crippen LogP contribution in [0, 0.1) is 5.92 Å². The van der Waals surface area contributed by atoms with Crippen LogP contribution in [0.15, 0.2) is 6.20 Å². The van der Waals surface area contributed by atoms with Crippen molar-refractivity contribution in [3.63, 3.8) is 0 Å². The van der Waals surface area contributed by atoms with Crippen LogP contribution in [0.5, 0.6) is 0 Å². The van der Waals surface area contributed by atoms with Crippen LogP contribution in [0.25, 0.3) is 0 Å². The Morgan fingerprint density at radius 3 is 3.31 bits per heavy atom. The highest BCUT2D eigenvalue weighted by molar-refractivity contribution is 4.92. The third-order valence-corrected chi connectivity index (χ3v) is 3.05. The van der Waals surface area contributed by atoms with E-state index in [1.54, 1.807) is 0 Å². The normalized spacial score (nSPS) is 21.9. The molecule has 1 aliphatic heterocycles. The lowest BCUT2D eigenvalue weighted by atomic mass is 10.0. The van der Waals surface area contributed by atoms with Crippen LogP contribution in [-0.2, 0) is 13.0 Å². The number of hydrogen-bond acceptors (Lipinski definition) is 4. The monoisotopic (exact) mass is 224 g/mol. The summed E-state index contributed by atoms with van der Waals surface area (Å²) in [5.74, 6) is 0.658. The van der Waals surface area contributed by atoms with Crippen molar-refractivity contribution in [3.05, 3.63) is 11.9 Å². The number of nitrogens with one attached hydrogen (secondary N) is 1. The molecule has 1 atom stereocenters. The number of rotatable bonds is 4. The van der Waals surface area contributed by atoms with Gasteiger partial charge in [0.1, 0.15) is 0 Å². The molecule has 1 unspecified atom stereocenters. The lowest BCUT2D eigenvalue weighted by molar-refractivity contribution is 0.298. The highest BCUT2D eigenvalue weighted by Crippen LogP contribution is 2.13. The second-order valence-corrected chi connectivity index (χ2v) is 4.47. The fraction of sp³-hybridized carbons (Fsp3) is 0.818. The summed E-state index contributed by atoms with van der Waals surface area (Å²) in [6.07, 6.45) is 6.39. The Morgan fingerprint density at radius 2 is 2.44 bits per heavy atom. The molecule has 16 heavy (non-hydrogen) atoms. The molecule has 0 saturated carbocycles. The van der Waals surface area contributed by atoms with Crippen molar-refractivity contribution in [2.75, 3.05) is 19.7 Å². The molecule has 1 fully saturated rings. The van der Waals surface area contributed by atoms with Gasteiger partial charge in [-0.25, -0.2) is 0 Å². The van der Waals surface area contributed by atoms with Crippen LogP contribution < -0.4 is 5.32 Å². The minimum absolute atomic E-state index is 0.143. The third kappa shape index (κ3) is 3.28. The summed E-state index contributed by atoms with van der Waals surface area (Å²) in [4.78, 5) is 0. The van der Waals surface area contributed by atoms with Crippen molar-refractivity contribution >= 4 is 0 Å². The number of aliphatic hydroxyl groups is 1. The van der Waals surface area contributed by atoms with Crippen LogP contribution in [0.4, 0.5) is 0 Å². The van der Waals surface area contributed by atoms with E-state index in [2.05, 4.69) is 15.6 Å². The number of hydrogen-bond donors (Lipinski definition) is 2. The molecular weight excluding hydrogens is 204 g/mol. The smallest absolute Gasteiger partial charge is 0.0849 e. The van der Waals surface area contributed by atoms with Crippen molar-refractivity contribution in [2.24, 2.45) is 5.92 Å². The minimum atomic E-state index is 0.143. The van der Waals surface area contributed by atoms with Gasteiger partial charge in [0.2, 0.25) is 0 Å². The molecular formula is C11H20N4O. The zero-order valence-corrected chi connectivity index (χ0v) is 9.60. The van der Waals surface area contributed by atoms with Crippen molar-refractivity contribution in [3.8, 4) is 0 Å². The molecule has 1 aliphatic rings. The highest BCUT2D eigenvalue weighted by atomic mass is 16.3. The molecule has 0 aromatic carbocycles. The second kappa shape index (κ2) is 5.96. The van der Waals surface area contributed by atoms with E-state index in [0.29, 0.717) is 12.3 Å². The van der Waals surface area contributed by atoms with E-state index in [1.807, 2.05) is 10.9 Å². The first-order valence-electron chi connectivity index (χ1n) is 6.09. The first-order valence-corrected chi connectivity index (χ1v) is 6.09. The van der Waals surface area contributed by atoms with Gasteiger partial charge in [0.15, 0.2) is 0 Å². The summed E-state index contributed by atoms with van der Waals surface area (Å²) in [7, 11) is 0. The van der Waals surface area contributed by atoms with E-state index in [-0.39, 0.29) is 6.61 Å². The minimum Gasteiger partial charge on any atom is -0.396 e. The molecule has 1 aromatic heterocycles. The summed E-state index contributed by atoms with van der Waals surface area (Å²) < 4.78 is 1.91. The van der Waals surface area contributed by atoms with Crippen molar-refractivity contribution < 1.29 is 5.11 Å². The Morgan fingerprint density at radius 1 is 1.50 bits per heavy atom. The molecule has 0 amide bonds. The Labute approximate surface area is 95.8 Å². The standard InChI is InChI=1S/C11H20N4O/c16-6-4-11-9-15(14-13-11)8-10-3-1-2-5-12-7-10/h9-10,12,16H,1-8H2. The Balaban J connectivity index is 1.86. The van der Waals surface area contributed by atoms with Crippen LogP contribution in [0.1, 0.15) is 25.0 Å². The van der Waals surface area contributed by atoms with Gasteiger partial charge in [-0.1, -0.05) is 11.6 Å². The van der Waals surface area contributed by atoms with Crippen LogP contribution in [-0.4, -0.2) is 39.8 Å². The molecule has 0 radical (unpaired) electrons. The highest BCUT2D eigenvalue weighted by Gasteiger charge is 2.13. The van der Waals surface area contributed by atoms with Gasteiger partial charge >= 0.3 is 0 Å². The molecule has 0 bridgehead atoms. The van der Waals surface area contributed by atoms with Crippen LogP contribution in [0.2, 0.25) is 0 Å². The van der Waals surface area contributed by atoms with Gasteiger partial charge in [-0.3, -0.25) is 4.68 Å². The predicted octanol–water partition coefficient (Wildman–Crippen LogP) is 0.203. The summed E-state index contributed by atoms with van der Waals surface area (Å²) in [6.45, 7) is 3.30. The average molecular weight is 224 g/mol. The maximum atomic E-state index is 8.80. The Hall–Kier alpha value is -0.940. The lowest BCUT2D eigenvalue weighted by Crippen LogP contribution is -2.24. The molecule has 90 valence electrons. The van der Waals surface area contributed by atoms with Crippen molar-refractivity contribution in [2.45, 2.75) is 32.2 Å². The SMILES string of the molecule is OCCc1cn(CC2CCCCNC2)nn1. The van der Waals surface area contributed by atoms with Gasteiger partial charge in [-0.15, -0.1) is 5.10 Å². The van der Waals surface area contributed by atoms with Crippen LogP contribution >= 0.6 is 0 Å². The van der Waals surface area contributed by atoms with Gasteiger partial charge < -0.3 is 10.4 Å². The lowest BCUT2D eigenvalue weighted by Gasteiger charge is -2.13. The molecule has 0 spiro atoms. The van der Waals surface area contributed by atoms with E-state index in [4.69, 9.17) is 5.11 Å².